The average molecular weight is 590 g/mol. The number of fused-ring (bicyclic) bond motifs is 2. The summed E-state index contributed by atoms with van der Waals surface area (Å²) >= 11 is 0.863. The third-order valence-electron chi connectivity index (χ3n) is 7.34. The molecule has 3 atom stereocenters. The molecule has 4 amide bonds. The zero-order chi connectivity index (χ0) is 29.3. The highest BCUT2D eigenvalue weighted by molar-refractivity contribution is 7.14. The molecule has 0 aliphatic carbocycles. The van der Waals surface area contributed by atoms with Crippen molar-refractivity contribution in [3.05, 3.63) is 64.2 Å². The fraction of sp³-hybridized carbons (Fsp3) is 0.269. The standard InChI is InChI=1S/C26H19F3N4O7S/c1-33(25-30-15(10-41-25)23(36)38-2)17-5-3-4-14(26(27,28)29)13(17)9-16(22(33)35)32-21(34)20(31-24(32)37)12-6-7-18-19(8-12)40-11-39-18/h3-8,10,16,20H,9,11H2,1-2H3/p+1/t16-,20?,33?/m0/s1. The van der Waals surface area contributed by atoms with Crippen LogP contribution in [0.3, 0.4) is 0 Å². The van der Waals surface area contributed by atoms with Crippen molar-refractivity contribution >= 4 is 46.0 Å². The van der Waals surface area contributed by atoms with Gasteiger partial charge in [0.15, 0.2) is 28.9 Å². The van der Waals surface area contributed by atoms with Gasteiger partial charge in [-0.15, -0.1) is 0 Å². The number of urea groups is 1. The van der Waals surface area contributed by atoms with E-state index in [2.05, 4.69) is 15.0 Å². The quantitative estimate of drug-likeness (QED) is 0.278. The minimum Gasteiger partial charge on any atom is -0.464 e. The molecule has 0 saturated carbocycles. The smallest absolute Gasteiger partial charge is 0.416 e. The first kappa shape index (κ1) is 26.7. The van der Waals surface area contributed by atoms with Gasteiger partial charge in [0.25, 0.3) is 11.0 Å². The van der Waals surface area contributed by atoms with Gasteiger partial charge in [0.2, 0.25) is 6.79 Å². The number of carbonyl (C=O) groups excluding carboxylic acids is 4. The van der Waals surface area contributed by atoms with Crippen molar-refractivity contribution in [2.75, 3.05) is 21.0 Å². The number of benzene rings is 2. The molecule has 6 rings (SSSR count). The molecule has 1 aromatic heterocycles. The number of thiazole rings is 1. The number of hydrogen-bond donors (Lipinski definition) is 1. The Kier molecular flexibility index (Phi) is 6.04. The fourth-order valence-electron chi connectivity index (χ4n) is 5.35. The van der Waals surface area contributed by atoms with Crippen LogP contribution in [0.15, 0.2) is 41.8 Å². The molecule has 0 spiro atoms. The van der Waals surface area contributed by atoms with Crippen LogP contribution in [-0.2, 0) is 26.9 Å². The number of nitrogens with zero attached hydrogens (tertiary/aromatic N) is 3. The van der Waals surface area contributed by atoms with Gasteiger partial charge >= 0.3 is 24.1 Å². The molecule has 41 heavy (non-hydrogen) atoms. The summed E-state index contributed by atoms with van der Waals surface area (Å²) in [7, 11) is 2.46. The van der Waals surface area contributed by atoms with Gasteiger partial charge in [0, 0.05) is 23.4 Å². The predicted octanol–water partition coefficient (Wildman–Crippen LogP) is 3.69. The van der Waals surface area contributed by atoms with Crippen molar-refractivity contribution in [3.63, 3.8) is 0 Å². The number of esters is 1. The highest BCUT2D eigenvalue weighted by Crippen LogP contribution is 2.47. The number of carbonyl (C=O) groups is 4. The normalized spacial score (nSPS) is 23.4. The number of methoxy groups -OCH3 is 1. The van der Waals surface area contributed by atoms with E-state index >= 15 is 0 Å². The Morgan fingerprint density at radius 2 is 1.93 bits per heavy atom. The molecule has 15 heteroatoms. The molecule has 3 aliphatic rings. The molecule has 11 nitrogen and oxygen atoms in total. The Morgan fingerprint density at radius 1 is 1.17 bits per heavy atom. The third-order valence-corrected chi connectivity index (χ3v) is 8.35. The summed E-state index contributed by atoms with van der Waals surface area (Å²) in [4.78, 5) is 58.0. The molecular weight excluding hydrogens is 569 g/mol. The molecule has 1 fully saturated rings. The molecule has 3 aromatic rings. The number of halogens is 3. The van der Waals surface area contributed by atoms with Crippen LogP contribution in [0.5, 0.6) is 11.5 Å². The van der Waals surface area contributed by atoms with Crippen LogP contribution in [0.25, 0.3) is 0 Å². The number of quaternary nitrogens is 1. The highest BCUT2D eigenvalue weighted by Gasteiger charge is 2.58. The van der Waals surface area contributed by atoms with E-state index in [9.17, 15) is 32.3 Å². The number of likely N-dealkylation sites (N-methyl/N-ethyl adjacent to an activating group) is 1. The van der Waals surface area contributed by atoms with Gasteiger partial charge in [-0.25, -0.2) is 19.3 Å². The lowest BCUT2D eigenvalue weighted by Crippen LogP contribution is -2.61. The minimum atomic E-state index is -4.80. The molecule has 0 bridgehead atoms. The average Bonchev–Trinajstić information content (AvgIpc) is 3.68. The van der Waals surface area contributed by atoms with E-state index in [1.165, 1.54) is 30.6 Å². The van der Waals surface area contributed by atoms with E-state index in [-0.39, 0.29) is 28.9 Å². The number of alkyl halides is 3. The van der Waals surface area contributed by atoms with Crippen molar-refractivity contribution in [3.8, 4) is 11.5 Å². The van der Waals surface area contributed by atoms with Gasteiger partial charge in [-0.2, -0.15) is 22.6 Å². The van der Waals surface area contributed by atoms with Crippen LogP contribution >= 0.6 is 11.3 Å². The summed E-state index contributed by atoms with van der Waals surface area (Å²) < 4.78 is 56.9. The van der Waals surface area contributed by atoms with Crippen LogP contribution in [-0.4, -0.2) is 60.7 Å². The maximum absolute atomic E-state index is 14.2. The van der Waals surface area contributed by atoms with Gasteiger partial charge in [0.1, 0.15) is 6.04 Å². The van der Waals surface area contributed by atoms with Crippen LogP contribution < -0.4 is 19.3 Å². The van der Waals surface area contributed by atoms with E-state index in [1.54, 1.807) is 12.1 Å². The van der Waals surface area contributed by atoms with Crippen LogP contribution in [0.4, 0.5) is 28.8 Å². The summed E-state index contributed by atoms with van der Waals surface area (Å²) in [5.41, 5.74) is -1.12. The zero-order valence-corrected chi connectivity index (χ0v) is 22.2. The topological polar surface area (TPSA) is 124 Å². The second-order valence-corrected chi connectivity index (χ2v) is 10.4. The van der Waals surface area contributed by atoms with Gasteiger partial charge in [0.05, 0.1) is 19.7 Å². The molecule has 4 heterocycles. The van der Waals surface area contributed by atoms with Crippen molar-refractivity contribution in [2.45, 2.75) is 24.7 Å². The summed E-state index contributed by atoms with van der Waals surface area (Å²) in [6.07, 6.45) is -5.37. The van der Waals surface area contributed by atoms with E-state index in [0.29, 0.717) is 22.0 Å². The number of rotatable bonds is 4. The fourth-order valence-corrected chi connectivity index (χ4v) is 6.26. The van der Waals surface area contributed by atoms with Crippen molar-refractivity contribution in [2.24, 2.45) is 0 Å². The first-order chi connectivity index (χ1) is 19.4. The van der Waals surface area contributed by atoms with Crippen molar-refractivity contribution in [1.82, 2.24) is 19.7 Å². The second-order valence-electron chi connectivity index (χ2n) is 9.58. The van der Waals surface area contributed by atoms with E-state index in [4.69, 9.17) is 9.47 Å². The minimum absolute atomic E-state index is 0.0155. The van der Waals surface area contributed by atoms with E-state index in [1.807, 2.05) is 0 Å². The number of ether oxygens (including phenoxy) is 3. The molecule has 1 N–H and O–H groups in total. The Hall–Kier alpha value is -4.50. The number of hydrogen-bond acceptors (Lipinski definition) is 9. The summed E-state index contributed by atoms with van der Waals surface area (Å²) in [5.74, 6) is -1.59. The Labute approximate surface area is 233 Å². The van der Waals surface area contributed by atoms with Gasteiger partial charge in [-0.05, 0) is 23.8 Å². The second kappa shape index (κ2) is 9.27. The maximum Gasteiger partial charge on any atom is 0.416 e. The number of nitrogens with one attached hydrogen (secondary N) is 1. The van der Waals surface area contributed by atoms with E-state index < -0.39 is 58.5 Å². The number of amides is 4. The first-order valence-corrected chi connectivity index (χ1v) is 13.0. The lowest BCUT2D eigenvalue weighted by atomic mass is 9.90. The molecule has 1 saturated heterocycles. The molecular formula is C26H20F3N4O7S+. The maximum atomic E-state index is 14.2. The summed E-state index contributed by atoms with van der Waals surface area (Å²) in [6.45, 7) is -0.0155. The Balaban J connectivity index is 1.46. The third kappa shape index (κ3) is 4.02. The molecule has 212 valence electrons. The first-order valence-electron chi connectivity index (χ1n) is 12.1. The van der Waals surface area contributed by atoms with Crippen LogP contribution in [0, 0.1) is 0 Å². The van der Waals surface area contributed by atoms with Crippen LogP contribution in [0.2, 0.25) is 0 Å². The summed E-state index contributed by atoms with van der Waals surface area (Å²) in [6, 6.07) is 4.25. The van der Waals surface area contributed by atoms with Gasteiger partial charge in [-0.3, -0.25) is 4.79 Å². The SMILES string of the molecule is COC(=O)c1csc([N+]2(C)C(=O)[C@@H](N3C(=O)NC(c4ccc5c(c4)OCO5)C3=O)Cc3c(C(F)(F)F)cccc32)n1. The lowest BCUT2D eigenvalue weighted by molar-refractivity contribution is -0.142. The molecule has 0 radical (unpaired) electrons. The van der Waals surface area contributed by atoms with Crippen molar-refractivity contribution in [1.29, 1.82) is 0 Å². The highest BCUT2D eigenvalue weighted by atomic mass is 32.1. The molecule has 3 aliphatic heterocycles. The Bertz CT molecular complexity index is 1640. The monoisotopic (exact) mass is 589 g/mol. The molecule has 2 unspecified atom stereocenters. The van der Waals surface area contributed by atoms with E-state index in [0.717, 1.165) is 24.5 Å². The van der Waals surface area contributed by atoms with Gasteiger partial charge < -0.3 is 19.5 Å². The van der Waals surface area contributed by atoms with Crippen molar-refractivity contribution < 1.29 is 46.6 Å². The van der Waals surface area contributed by atoms with Crippen LogP contribution in [0.1, 0.15) is 33.2 Å². The lowest BCUT2D eigenvalue weighted by Gasteiger charge is -2.39. The molecule has 2 aromatic carbocycles. The van der Waals surface area contributed by atoms with Gasteiger partial charge in [-0.1, -0.05) is 23.5 Å². The predicted molar refractivity (Wildman–Crippen MR) is 135 cm³/mol. The summed E-state index contributed by atoms with van der Waals surface area (Å²) in [5, 5.41) is 3.80. The number of aromatic nitrogens is 1. The largest absolute Gasteiger partial charge is 0.464 e. The zero-order valence-electron chi connectivity index (χ0n) is 21.4. The Morgan fingerprint density at radius 3 is 2.66 bits per heavy atom. The number of imide groups is 1.